The molecule has 13 heteroatoms. The predicted molar refractivity (Wildman–Crippen MR) is 177 cm³/mol. The topological polar surface area (TPSA) is 125 Å². The van der Waals surface area contributed by atoms with Crippen LogP contribution in [0, 0.1) is 5.92 Å². The van der Waals surface area contributed by atoms with Crippen LogP contribution in [0.3, 0.4) is 0 Å². The molecule has 1 aromatic heterocycles. The number of rotatable bonds is 8. The van der Waals surface area contributed by atoms with Gasteiger partial charge in [-0.3, -0.25) is 5.32 Å². The summed E-state index contributed by atoms with van der Waals surface area (Å²) in [6, 6.07) is 14.0. The van der Waals surface area contributed by atoms with Gasteiger partial charge in [-0.2, -0.15) is 4.31 Å². The zero-order valence-electron chi connectivity index (χ0n) is 25.7. The molecule has 0 radical (unpaired) electrons. The molecule has 1 fully saturated rings. The normalized spacial score (nSPS) is 19.0. The van der Waals surface area contributed by atoms with Crippen molar-refractivity contribution in [3.05, 3.63) is 58.4 Å². The summed E-state index contributed by atoms with van der Waals surface area (Å²) in [7, 11) is -0.848. The number of hydrogen-bond acceptors (Lipinski definition) is 8. The molecule has 2 heterocycles. The van der Waals surface area contributed by atoms with Crippen molar-refractivity contribution in [1.82, 2.24) is 4.31 Å². The number of thiophene rings is 1. The molecule has 2 N–H and O–H groups in total. The van der Waals surface area contributed by atoms with Crippen LogP contribution < -0.4 is 10.2 Å². The number of likely N-dealkylation sites (N-methyl/N-ethyl adjacent to an activating group) is 1. The minimum atomic E-state index is -3.99. The molecule has 45 heavy (non-hydrogen) atoms. The lowest BCUT2D eigenvalue weighted by Crippen LogP contribution is -2.46. The lowest BCUT2D eigenvalue weighted by atomic mass is 9.83. The number of carboxylic acids is 1. The van der Waals surface area contributed by atoms with Gasteiger partial charge in [0.1, 0.15) is 16.4 Å². The Morgan fingerprint density at radius 1 is 1.11 bits per heavy atom. The van der Waals surface area contributed by atoms with E-state index in [0.717, 1.165) is 49.1 Å². The molecule has 3 aromatic rings. The van der Waals surface area contributed by atoms with Crippen LogP contribution in [0.1, 0.15) is 55.6 Å². The van der Waals surface area contributed by atoms with Crippen LogP contribution in [-0.4, -0.2) is 68.8 Å². The van der Waals surface area contributed by atoms with E-state index in [0.29, 0.717) is 22.7 Å². The van der Waals surface area contributed by atoms with E-state index in [1.807, 2.05) is 35.2 Å². The first kappa shape index (κ1) is 33.2. The summed E-state index contributed by atoms with van der Waals surface area (Å²) in [6.45, 7) is 3.89. The average Bonchev–Trinajstić information content (AvgIpc) is 3.41. The molecule has 2 aliphatic rings. The Hall–Kier alpha value is -3.16. The SMILES string of the molecule is COC(C)(C)COC(=O)Nc1cc(-c2cc3c(cc2Cl)N(c2ccccc2)C[C@@H](C2CCCCC2)N(C)S3(=O)=O)sc1C(=O)O. The lowest BCUT2D eigenvalue weighted by molar-refractivity contribution is -0.0262. The quantitative estimate of drug-likeness (QED) is 0.252. The van der Waals surface area contributed by atoms with E-state index in [1.54, 1.807) is 27.0 Å². The van der Waals surface area contributed by atoms with Gasteiger partial charge in [-0.15, -0.1) is 11.3 Å². The van der Waals surface area contributed by atoms with Crippen LogP contribution >= 0.6 is 22.9 Å². The third-order valence-electron chi connectivity index (χ3n) is 8.63. The van der Waals surface area contributed by atoms with Gasteiger partial charge in [0.05, 0.1) is 22.0 Å². The first-order chi connectivity index (χ1) is 21.3. The van der Waals surface area contributed by atoms with Crippen molar-refractivity contribution in [1.29, 1.82) is 0 Å². The van der Waals surface area contributed by atoms with Crippen LogP contribution in [-0.2, 0) is 19.5 Å². The molecule has 1 aliphatic carbocycles. The molecule has 0 bridgehead atoms. The van der Waals surface area contributed by atoms with Crippen molar-refractivity contribution in [3.8, 4) is 10.4 Å². The van der Waals surface area contributed by atoms with Crippen molar-refractivity contribution in [2.45, 2.75) is 62.5 Å². The molecule has 1 amide bonds. The Kier molecular flexibility index (Phi) is 9.81. The number of hydrogen-bond donors (Lipinski definition) is 2. The van der Waals surface area contributed by atoms with E-state index in [-0.39, 0.29) is 39.0 Å². The highest BCUT2D eigenvalue weighted by atomic mass is 35.5. The van der Waals surface area contributed by atoms with Crippen LogP contribution in [0.15, 0.2) is 53.4 Å². The number of sulfonamides is 1. The highest BCUT2D eigenvalue weighted by Gasteiger charge is 2.41. The second-order valence-corrected chi connectivity index (χ2v) is 15.5. The van der Waals surface area contributed by atoms with Crippen LogP contribution in [0.25, 0.3) is 10.4 Å². The van der Waals surface area contributed by atoms with Crippen molar-refractivity contribution in [2.75, 3.05) is 37.5 Å². The average molecular weight is 676 g/mol. The minimum Gasteiger partial charge on any atom is -0.477 e. The molecule has 5 rings (SSSR count). The van der Waals surface area contributed by atoms with Gasteiger partial charge in [-0.25, -0.2) is 18.0 Å². The molecule has 0 unspecified atom stereocenters. The zero-order chi connectivity index (χ0) is 32.5. The van der Waals surface area contributed by atoms with Gasteiger partial charge >= 0.3 is 12.1 Å². The number of halogens is 1. The molecule has 1 aliphatic heterocycles. The number of amides is 1. The molecule has 10 nitrogen and oxygen atoms in total. The number of anilines is 3. The number of fused-ring (bicyclic) bond motifs is 1. The number of nitrogens with zero attached hydrogens (tertiary/aromatic N) is 2. The second-order valence-electron chi connectivity index (χ2n) is 12.1. The molecule has 2 aromatic carbocycles. The lowest BCUT2D eigenvalue weighted by Gasteiger charge is -2.36. The zero-order valence-corrected chi connectivity index (χ0v) is 28.1. The van der Waals surface area contributed by atoms with Crippen LogP contribution in [0.5, 0.6) is 0 Å². The van der Waals surface area contributed by atoms with Gasteiger partial charge in [0.25, 0.3) is 0 Å². The number of methoxy groups -OCH3 is 1. The first-order valence-electron chi connectivity index (χ1n) is 14.8. The monoisotopic (exact) mass is 675 g/mol. The van der Waals surface area contributed by atoms with Crippen molar-refractivity contribution >= 4 is 62.1 Å². The number of nitrogens with one attached hydrogen (secondary N) is 1. The second kappa shape index (κ2) is 13.3. The molecule has 1 atom stereocenters. The van der Waals surface area contributed by atoms with E-state index >= 15 is 0 Å². The maximum atomic E-state index is 14.3. The number of aromatic carboxylic acids is 1. The maximum Gasteiger partial charge on any atom is 0.411 e. The number of carboxylic acid groups (broad SMARTS) is 1. The van der Waals surface area contributed by atoms with Gasteiger partial charge in [0, 0.05) is 42.9 Å². The van der Waals surface area contributed by atoms with Gasteiger partial charge < -0.3 is 19.5 Å². The number of benzene rings is 2. The molecular formula is C32H38ClN3O7S2. The summed E-state index contributed by atoms with van der Waals surface area (Å²) in [4.78, 5) is 27.0. The number of carbonyl (C=O) groups excluding carboxylic acids is 1. The molecular weight excluding hydrogens is 638 g/mol. The summed E-state index contributed by atoms with van der Waals surface area (Å²) in [6.07, 6.45) is 4.37. The molecule has 242 valence electrons. The Labute approximate surface area is 272 Å². The molecule has 1 saturated carbocycles. The van der Waals surface area contributed by atoms with Gasteiger partial charge in [0.2, 0.25) is 10.0 Å². The number of carbonyl (C=O) groups is 2. The van der Waals surface area contributed by atoms with E-state index in [2.05, 4.69) is 5.32 Å². The smallest absolute Gasteiger partial charge is 0.411 e. The van der Waals surface area contributed by atoms with Gasteiger partial charge in [-0.05, 0) is 62.9 Å². The van der Waals surface area contributed by atoms with Gasteiger partial charge in [0.15, 0.2) is 0 Å². The fraction of sp³-hybridized carbons (Fsp3) is 0.438. The summed E-state index contributed by atoms with van der Waals surface area (Å²) in [5.41, 5.74) is 0.922. The first-order valence-corrected chi connectivity index (χ1v) is 17.5. The van der Waals surface area contributed by atoms with Crippen LogP contribution in [0.2, 0.25) is 5.02 Å². The Morgan fingerprint density at radius 3 is 2.44 bits per heavy atom. The van der Waals surface area contributed by atoms with E-state index in [9.17, 15) is 23.1 Å². The van der Waals surface area contributed by atoms with Crippen molar-refractivity contribution in [3.63, 3.8) is 0 Å². The summed E-state index contributed by atoms with van der Waals surface area (Å²) >= 11 is 7.76. The third-order valence-corrected chi connectivity index (χ3v) is 12.0. The largest absolute Gasteiger partial charge is 0.477 e. The minimum absolute atomic E-state index is 0.0111. The van der Waals surface area contributed by atoms with Crippen molar-refractivity contribution in [2.24, 2.45) is 5.92 Å². The maximum absolute atomic E-state index is 14.3. The highest BCUT2D eigenvalue weighted by molar-refractivity contribution is 7.89. The fourth-order valence-corrected chi connectivity index (χ4v) is 8.82. The molecule has 0 saturated heterocycles. The Morgan fingerprint density at radius 2 is 1.80 bits per heavy atom. The summed E-state index contributed by atoms with van der Waals surface area (Å²) in [5, 5.41) is 12.7. The third kappa shape index (κ3) is 7.00. The van der Waals surface area contributed by atoms with E-state index in [4.69, 9.17) is 21.1 Å². The Balaban J connectivity index is 1.58. The van der Waals surface area contributed by atoms with Crippen LogP contribution in [0.4, 0.5) is 21.9 Å². The molecule has 0 spiro atoms. The van der Waals surface area contributed by atoms with E-state index < -0.39 is 27.7 Å². The van der Waals surface area contributed by atoms with Gasteiger partial charge in [-0.1, -0.05) is 49.1 Å². The number of para-hydroxylation sites is 1. The standard InChI is InChI=1S/C32H38ClN3O7S2/c1-32(2,42-4)19-43-31(39)34-24-17-27(44-29(24)30(37)38)22-15-28-25(16-23(22)33)36(21-13-9-6-10-14-21)18-26(35(3)45(28,40)41)20-11-7-5-8-12-20/h6,9-10,13-17,20,26H,5,7-8,11-12,18-19H2,1-4H3,(H,34,39)(H,37,38)/t26-/m0/s1. The summed E-state index contributed by atoms with van der Waals surface area (Å²) in [5.74, 6) is -1.05. The Bertz CT molecular complexity index is 1670. The fourth-order valence-electron chi connectivity index (χ4n) is 5.92. The van der Waals surface area contributed by atoms with E-state index in [1.165, 1.54) is 23.5 Å². The summed E-state index contributed by atoms with van der Waals surface area (Å²) < 4.78 is 40.7. The van der Waals surface area contributed by atoms with Crippen molar-refractivity contribution < 1.29 is 32.6 Å². The number of ether oxygens (including phenoxy) is 2. The predicted octanol–water partition coefficient (Wildman–Crippen LogP) is 7.46. The highest BCUT2D eigenvalue weighted by Crippen LogP contribution is 2.46.